The van der Waals surface area contributed by atoms with Gasteiger partial charge in [0.15, 0.2) is 4.96 Å². The molecule has 0 aliphatic rings. The number of methoxy groups -OCH3 is 1. The van der Waals surface area contributed by atoms with E-state index in [-0.39, 0.29) is 11.9 Å². The van der Waals surface area contributed by atoms with Crippen LogP contribution in [0, 0.1) is 0 Å². The first kappa shape index (κ1) is 15.3. The highest BCUT2D eigenvalue weighted by Crippen LogP contribution is 2.26. The molecule has 0 unspecified atom stereocenters. The third-order valence-corrected chi connectivity index (χ3v) is 4.44. The number of amides is 1. The normalized spacial score (nSPS) is 10.8. The highest BCUT2D eigenvalue weighted by molar-refractivity contribution is 7.15. The Morgan fingerprint density at radius 2 is 2.08 bits per heavy atom. The number of nitrogens with zero attached hydrogens (tertiary/aromatic N) is 4. The van der Waals surface area contributed by atoms with Crippen LogP contribution in [0.15, 0.2) is 54.3 Å². The third-order valence-electron chi connectivity index (χ3n) is 3.60. The van der Waals surface area contributed by atoms with Crippen molar-refractivity contribution in [1.82, 2.24) is 19.4 Å². The molecule has 0 bridgehead atoms. The van der Waals surface area contributed by atoms with Crippen LogP contribution in [-0.4, -0.2) is 32.4 Å². The molecule has 0 saturated carbocycles. The average molecular weight is 351 g/mol. The van der Waals surface area contributed by atoms with E-state index >= 15 is 0 Å². The summed E-state index contributed by atoms with van der Waals surface area (Å²) in [5, 5.41) is 4.44. The molecule has 0 aliphatic heterocycles. The van der Waals surface area contributed by atoms with Crippen LogP contribution < -0.4 is 10.1 Å². The molecule has 1 amide bonds. The summed E-state index contributed by atoms with van der Waals surface area (Å²) in [4.78, 5) is 25.8. The highest BCUT2D eigenvalue weighted by Gasteiger charge is 2.16. The van der Waals surface area contributed by atoms with Crippen molar-refractivity contribution in [3.05, 3.63) is 60.0 Å². The molecule has 0 radical (unpaired) electrons. The number of anilines is 1. The molecule has 7 nitrogen and oxygen atoms in total. The van der Waals surface area contributed by atoms with Gasteiger partial charge in [0.2, 0.25) is 5.95 Å². The lowest BCUT2D eigenvalue weighted by atomic mass is 10.1. The summed E-state index contributed by atoms with van der Waals surface area (Å²) < 4.78 is 7.01. The maximum absolute atomic E-state index is 12.5. The van der Waals surface area contributed by atoms with E-state index in [2.05, 4.69) is 20.3 Å². The molecule has 0 aliphatic carbocycles. The van der Waals surface area contributed by atoms with Crippen molar-refractivity contribution in [3.8, 4) is 17.0 Å². The maximum Gasteiger partial charge on any atom is 0.275 e. The molecular weight excluding hydrogens is 338 g/mol. The molecule has 1 aromatic carbocycles. The molecule has 0 spiro atoms. The third kappa shape index (κ3) is 2.94. The summed E-state index contributed by atoms with van der Waals surface area (Å²) in [6.45, 7) is 0. The average Bonchev–Trinajstić information content (AvgIpc) is 3.23. The molecule has 8 heteroatoms. The van der Waals surface area contributed by atoms with Gasteiger partial charge >= 0.3 is 0 Å². The minimum absolute atomic E-state index is 0.264. The number of hydrogen-bond donors (Lipinski definition) is 1. The van der Waals surface area contributed by atoms with Crippen LogP contribution in [0.25, 0.3) is 16.2 Å². The Kier molecular flexibility index (Phi) is 3.87. The molecule has 3 heterocycles. The second-order valence-electron chi connectivity index (χ2n) is 5.16. The van der Waals surface area contributed by atoms with Gasteiger partial charge in [0.05, 0.1) is 12.8 Å². The summed E-state index contributed by atoms with van der Waals surface area (Å²) in [5.74, 6) is 0.736. The number of benzene rings is 1. The van der Waals surface area contributed by atoms with E-state index in [9.17, 15) is 4.79 Å². The molecule has 0 atom stereocenters. The first-order valence-corrected chi connectivity index (χ1v) is 8.32. The van der Waals surface area contributed by atoms with Crippen molar-refractivity contribution >= 4 is 28.2 Å². The van der Waals surface area contributed by atoms with Gasteiger partial charge in [-0.1, -0.05) is 12.1 Å². The van der Waals surface area contributed by atoms with Crippen molar-refractivity contribution in [2.45, 2.75) is 0 Å². The number of hydrogen-bond acceptors (Lipinski definition) is 6. The Morgan fingerprint density at radius 1 is 1.24 bits per heavy atom. The second-order valence-corrected chi connectivity index (χ2v) is 5.99. The van der Waals surface area contributed by atoms with Gasteiger partial charge in [0.1, 0.15) is 11.4 Å². The lowest BCUT2D eigenvalue weighted by Gasteiger charge is -2.02. The van der Waals surface area contributed by atoms with Gasteiger partial charge in [-0.15, -0.1) is 11.3 Å². The molecule has 0 saturated heterocycles. The van der Waals surface area contributed by atoms with E-state index in [1.165, 1.54) is 11.3 Å². The largest absolute Gasteiger partial charge is 0.497 e. The Labute approximate surface area is 147 Å². The van der Waals surface area contributed by atoms with E-state index < -0.39 is 0 Å². The molecule has 124 valence electrons. The number of rotatable bonds is 4. The lowest BCUT2D eigenvalue weighted by molar-refractivity contribution is 0.102. The van der Waals surface area contributed by atoms with E-state index in [4.69, 9.17) is 4.74 Å². The summed E-state index contributed by atoms with van der Waals surface area (Å²) in [5.41, 5.74) is 2.18. The van der Waals surface area contributed by atoms with Crippen molar-refractivity contribution in [3.63, 3.8) is 0 Å². The number of thiazole rings is 1. The summed E-state index contributed by atoms with van der Waals surface area (Å²) in [6.07, 6.45) is 4.98. The van der Waals surface area contributed by atoms with E-state index in [1.54, 1.807) is 35.4 Å². The van der Waals surface area contributed by atoms with Gasteiger partial charge in [-0.3, -0.25) is 14.5 Å². The van der Waals surface area contributed by atoms with E-state index in [0.717, 1.165) is 22.0 Å². The van der Waals surface area contributed by atoms with Crippen LogP contribution >= 0.6 is 11.3 Å². The smallest absolute Gasteiger partial charge is 0.275 e. The summed E-state index contributed by atoms with van der Waals surface area (Å²) in [6, 6.07) is 9.33. The zero-order valence-electron chi connectivity index (χ0n) is 13.2. The lowest BCUT2D eigenvalue weighted by Crippen LogP contribution is -2.15. The first-order valence-electron chi connectivity index (χ1n) is 7.44. The molecule has 25 heavy (non-hydrogen) atoms. The zero-order valence-corrected chi connectivity index (χ0v) is 14.0. The van der Waals surface area contributed by atoms with E-state index in [1.807, 2.05) is 30.5 Å². The monoisotopic (exact) mass is 351 g/mol. The van der Waals surface area contributed by atoms with Crippen LogP contribution in [0.2, 0.25) is 0 Å². The minimum Gasteiger partial charge on any atom is -0.497 e. The van der Waals surface area contributed by atoms with Gasteiger partial charge in [-0.2, -0.15) is 0 Å². The summed E-state index contributed by atoms with van der Waals surface area (Å²) >= 11 is 1.40. The Bertz CT molecular complexity index is 1040. The predicted molar refractivity (Wildman–Crippen MR) is 95.0 cm³/mol. The molecule has 1 N–H and O–H groups in total. The zero-order chi connectivity index (χ0) is 17.2. The second kappa shape index (κ2) is 6.33. The number of imidazole rings is 1. The van der Waals surface area contributed by atoms with Crippen LogP contribution in [0.1, 0.15) is 10.5 Å². The van der Waals surface area contributed by atoms with Gasteiger partial charge in [-0.25, -0.2) is 15.0 Å². The number of aromatic nitrogens is 4. The number of ether oxygens (including phenoxy) is 1. The maximum atomic E-state index is 12.5. The quantitative estimate of drug-likeness (QED) is 0.611. The molecule has 3 aromatic heterocycles. The van der Waals surface area contributed by atoms with Crippen molar-refractivity contribution in [2.24, 2.45) is 0 Å². The van der Waals surface area contributed by atoms with Gasteiger partial charge in [0.25, 0.3) is 5.91 Å². The van der Waals surface area contributed by atoms with Crippen LogP contribution in [0.3, 0.4) is 0 Å². The minimum atomic E-state index is -0.285. The number of carbonyl (C=O) groups excluding carboxylic acids is 1. The molecule has 0 fully saturated rings. The number of carbonyl (C=O) groups is 1. The SMILES string of the molecule is COc1cccc(-c2cn3c(C(=O)Nc4ncccn4)csc3n2)c1. The standard InChI is InChI=1S/C17H13N5O2S/c1-24-12-5-2-4-11(8-12)13-9-22-14(10-25-17(22)20-13)15(23)21-16-18-6-3-7-19-16/h2-10H,1H3,(H,18,19,21,23). The molecular formula is C17H13N5O2S. The van der Waals surface area contributed by atoms with Gasteiger partial charge < -0.3 is 4.74 Å². The van der Waals surface area contributed by atoms with Crippen molar-refractivity contribution < 1.29 is 9.53 Å². The Morgan fingerprint density at radius 3 is 2.88 bits per heavy atom. The molecule has 4 rings (SSSR count). The number of fused-ring (bicyclic) bond motifs is 1. The summed E-state index contributed by atoms with van der Waals surface area (Å²) in [7, 11) is 1.62. The fourth-order valence-corrected chi connectivity index (χ4v) is 3.25. The fourth-order valence-electron chi connectivity index (χ4n) is 2.40. The van der Waals surface area contributed by atoms with Crippen molar-refractivity contribution in [2.75, 3.05) is 12.4 Å². The number of nitrogens with one attached hydrogen (secondary N) is 1. The van der Waals surface area contributed by atoms with Crippen LogP contribution in [0.4, 0.5) is 5.95 Å². The molecule has 4 aromatic rings. The highest BCUT2D eigenvalue weighted by atomic mass is 32.1. The predicted octanol–water partition coefficient (Wildman–Crippen LogP) is 3.11. The topological polar surface area (TPSA) is 81.4 Å². The first-order chi connectivity index (χ1) is 12.2. The van der Waals surface area contributed by atoms with Crippen LogP contribution in [0.5, 0.6) is 5.75 Å². The Balaban J connectivity index is 1.67. The van der Waals surface area contributed by atoms with Crippen LogP contribution in [-0.2, 0) is 0 Å². The van der Waals surface area contributed by atoms with Crippen molar-refractivity contribution in [1.29, 1.82) is 0 Å². The Hall–Kier alpha value is -3.26. The van der Waals surface area contributed by atoms with Gasteiger partial charge in [0, 0.05) is 29.5 Å². The fraction of sp³-hybridized carbons (Fsp3) is 0.0588. The van der Waals surface area contributed by atoms with Gasteiger partial charge in [-0.05, 0) is 18.2 Å². The van der Waals surface area contributed by atoms with E-state index in [0.29, 0.717) is 5.69 Å².